The maximum atomic E-state index is 6.41. The molecule has 0 N–H and O–H groups in total. The monoisotopic (exact) mass is 914 g/mol. The molecular weight excluding hydrogens is 877 g/mol. The summed E-state index contributed by atoms with van der Waals surface area (Å²) in [6.45, 7) is 0. The zero-order valence-electron chi connectivity index (χ0n) is 37.4. The van der Waals surface area contributed by atoms with Gasteiger partial charge in [-0.3, -0.25) is 0 Å². The molecule has 0 unspecified atom stereocenters. The lowest BCUT2D eigenvalue weighted by Gasteiger charge is -2.21. The molecule has 0 aliphatic heterocycles. The van der Waals surface area contributed by atoms with Gasteiger partial charge in [0, 0.05) is 65.0 Å². The Kier molecular flexibility index (Phi) is 9.19. The lowest BCUT2D eigenvalue weighted by molar-refractivity contribution is 0.668. The summed E-state index contributed by atoms with van der Waals surface area (Å²) < 4.78 is 15.2. The average molecular weight is 915 g/mol. The first-order valence-corrected chi connectivity index (χ1v) is 23.7. The van der Waals surface area contributed by atoms with E-state index in [0.29, 0.717) is 17.5 Å². The van der Waals surface area contributed by atoms with Crippen LogP contribution in [-0.2, 0) is 0 Å². The predicted octanol–water partition coefficient (Wildman–Crippen LogP) is 17.1. The van der Waals surface area contributed by atoms with Gasteiger partial charge in [-0.1, -0.05) is 152 Å². The fourth-order valence-electron chi connectivity index (χ4n) is 10.3. The third kappa shape index (κ3) is 6.55. The molecule has 0 amide bonds. The molecule has 4 aromatic heterocycles. The molecule has 0 radical (unpaired) electrons. The molecule has 0 spiro atoms. The number of rotatable bonds is 7. The minimum atomic E-state index is 0.527. The molecule has 0 aliphatic carbocycles. The number of para-hydroxylation sites is 3. The van der Waals surface area contributed by atoms with Crippen LogP contribution in [0.15, 0.2) is 238 Å². The van der Waals surface area contributed by atoms with Crippen molar-refractivity contribution >= 4 is 78.3 Å². The normalized spacial score (nSPS) is 11.8. The van der Waals surface area contributed by atoms with Gasteiger partial charge in [0.25, 0.3) is 0 Å². The lowest BCUT2D eigenvalue weighted by Crippen LogP contribution is -2.04. The summed E-state index contributed by atoms with van der Waals surface area (Å²) in [5, 5.41) is 6.51. The Morgan fingerprint density at radius 2 is 0.757 bits per heavy atom. The Hall–Kier alpha value is -9.04. The van der Waals surface area contributed by atoms with Crippen LogP contribution in [0, 0.1) is 0 Å². The molecule has 0 saturated heterocycles. The maximum Gasteiger partial charge on any atom is 0.164 e. The van der Waals surface area contributed by atoms with E-state index in [1.165, 1.54) is 0 Å². The fourth-order valence-corrected chi connectivity index (χ4v) is 10.6. The van der Waals surface area contributed by atoms with E-state index in [1.807, 2.05) is 60.7 Å². The minimum Gasteiger partial charge on any atom is -0.456 e. The predicted molar refractivity (Wildman–Crippen MR) is 289 cm³/mol. The molecule has 7 heteroatoms. The van der Waals surface area contributed by atoms with Crippen molar-refractivity contribution in [3.8, 4) is 73.2 Å². The number of hydrogen-bond donors (Lipinski definition) is 1. The summed E-state index contributed by atoms with van der Waals surface area (Å²) in [7, 11) is 0. The van der Waals surface area contributed by atoms with E-state index in [9.17, 15) is 0 Å². The first-order chi connectivity index (χ1) is 34.6. The number of aromatic nitrogens is 4. The third-order valence-corrected chi connectivity index (χ3v) is 13.9. The van der Waals surface area contributed by atoms with E-state index in [2.05, 4.69) is 168 Å². The Morgan fingerprint density at radius 3 is 1.34 bits per heavy atom. The highest BCUT2D eigenvalue weighted by molar-refractivity contribution is 7.80. The van der Waals surface area contributed by atoms with Crippen molar-refractivity contribution in [1.29, 1.82) is 0 Å². The summed E-state index contributed by atoms with van der Waals surface area (Å²) in [6, 6.07) is 78.2. The first kappa shape index (κ1) is 40.1. The van der Waals surface area contributed by atoms with Gasteiger partial charge in [-0.2, -0.15) is 0 Å². The molecule has 0 atom stereocenters. The summed E-state index contributed by atoms with van der Waals surface area (Å²) in [5.41, 5.74) is 15.3. The van der Waals surface area contributed by atoms with Gasteiger partial charge >= 0.3 is 0 Å². The maximum absolute atomic E-state index is 6.41. The second-order valence-corrected chi connectivity index (χ2v) is 18.2. The number of fused-ring (bicyclic) bond motifs is 9. The fraction of sp³-hybridized carbons (Fsp3) is 0. The topological polar surface area (TPSA) is 69.9 Å². The van der Waals surface area contributed by atoms with E-state index in [4.69, 9.17) is 36.4 Å². The molecule has 0 bridgehead atoms. The summed E-state index contributed by atoms with van der Waals surface area (Å²) in [6.07, 6.45) is 0. The van der Waals surface area contributed by atoms with Gasteiger partial charge < -0.3 is 13.4 Å². The van der Waals surface area contributed by atoms with Gasteiger partial charge in [-0.15, -0.1) is 12.6 Å². The van der Waals surface area contributed by atoms with Crippen LogP contribution in [0.25, 0.3) is 139 Å². The molecule has 4 heterocycles. The Bertz CT molecular complexity index is 4190. The van der Waals surface area contributed by atoms with E-state index in [-0.39, 0.29) is 0 Å². The van der Waals surface area contributed by atoms with Crippen molar-refractivity contribution in [2.45, 2.75) is 4.90 Å². The lowest BCUT2D eigenvalue weighted by atomic mass is 9.92. The van der Waals surface area contributed by atoms with Gasteiger partial charge in [0.15, 0.2) is 17.5 Å². The molecule has 0 saturated carbocycles. The van der Waals surface area contributed by atoms with Crippen LogP contribution in [0.4, 0.5) is 0 Å². The van der Waals surface area contributed by atoms with Crippen LogP contribution in [-0.4, -0.2) is 19.5 Å². The molecule has 70 heavy (non-hydrogen) atoms. The van der Waals surface area contributed by atoms with Crippen molar-refractivity contribution in [3.05, 3.63) is 224 Å². The Balaban J connectivity index is 1.04. The van der Waals surface area contributed by atoms with Crippen LogP contribution < -0.4 is 0 Å². The second-order valence-electron chi connectivity index (χ2n) is 17.7. The van der Waals surface area contributed by atoms with E-state index in [1.54, 1.807) is 0 Å². The SMILES string of the molecule is Sc1ccccc1-c1ccc2c(c1)c1ccccc1n2-c1c(-c2ccccc2)cc(-c2nc(-c3ccc4c(c3)oc3ccccc34)nc(-c3ccc4c(c3)oc3ccccc34)n2)cc1-c1ccccc1. The average Bonchev–Trinajstić information content (AvgIpc) is 4.10. The van der Waals surface area contributed by atoms with Crippen LogP contribution in [0.2, 0.25) is 0 Å². The van der Waals surface area contributed by atoms with Crippen LogP contribution in [0.3, 0.4) is 0 Å². The standard InChI is InChI=1S/C63H38N4O2S/c70-59-26-14-10-19-44(59)40-29-32-54-52(33-40)45-20-7-11-23-53(45)67(54)60-50(38-15-3-1-4-16-38)34-43(35-51(60)39-17-5-2-6-18-39)63-65-61(41-27-30-48-46-21-8-12-24-55(46)68-57(48)36-41)64-62(66-63)42-28-31-49-47-22-9-13-25-56(47)69-58(49)37-42/h1-37,70H. The van der Waals surface area contributed by atoms with Crippen molar-refractivity contribution in [2.24, 2.45) is 0 Å². The molecule has 328 valence electrons. The number of furan rings is 2. The van der Waals surface area contributed by atoms with E-state index >= 15 is 0 Å². The summed E-state index contributed by atoms with van der Waals surface area (Å²) in [4.78, 5) is 16.9. The van der Waals surface area contributed by atoms with Gasteiger partial charge in [-0.25, -0.2) is 15.0 Å². The number of benzene rings is 10. The minimum absolute atomic E-state index is 0.527. The quantitative estimate of drug-likeness (QED) is 0.161. The number of hydrogen-bond acceptors (Lipinski definition) is 6. The highest BCUT2D eigenvalue weighted by Gasteiger charge is 2.24. The number of nitrogens with zero attached hydrogens (tertiary/aromatic N) is 4. The Labute approximate surface area is 407 Å². The molecule has 14 aromatic rings. The van der Waals surface area contributed by atoms with E-state index < -0.39 is 0 Å². The molecular formula is C63H38N4O2S. The van der Waals surface area contributed by atoms with Crippen molar-refractivity contribution < 1.29 is 8.83 Å². The van der Waals surface area contributed by atoms with Gasteiger partial charge in [0.1, 0.15) is 22.3 Å². The molecule has 14 rings (SSSR count). The van der Waals surface area contributed by atoms with Crippen LogP contribution in [0.1, 0.15) is 0 Å². The first-order valence-electron chi connectivity index (χ1n) is 23.3. The highest BCUT2D eigenvalue weighted by atomic mass is 32.1. The molecule has 10 aromatic carbocycles. The Morgan fingerprint density at radius 1 is 0.300 bits per heavy atom. The largest absolute Gasteiger partial charge is 0.456 e. The van der Waals surface area contributed by atoms with E-state index in [0.717, 1.165) is 126 Å². The number of thiol groups is 1. The van der Waals surface area contributed by atoms with Gasteiger partial charge in [-0.05, 0) is 95.1 Å². The molecule has 0 fully saturated rings. The smallest absolute Gasteiger partial charge is 0.164 e. The van der Waals surface area contributed by atoms with Crippen molar-refractivity contribution in [3.63, 3.8) is 0 Å². The summed E-state index contributed by atoms with van der Waals surface area (Å²) in [5.74, 6) is 1.59. The van der Waals surface area contributed by atoms with Crippen LogP contribution >= 0.6 is 12.6 Å². The third-order valence-electron chi connectivity index (χ3n) is 13.6. The zero-order valence-corrected chi connectivity index (χ0v) is 38.3. The van der Waals surface area contributed by atoms with Crippen molar-refractivity contribution in [1.82, 2.24) is 19.5 Å². The van der Waals surface area contributed by atoms with Gasteiger partial charge in [0.2, 0.25) is 0 Å². The molecule has 0 aliphatic rings. The van der Waals surface area contributed by atoms with Crippen molar-refractivity contribution in [2.75, 3.05) is 0 Å². The van der Waals surface area contributed by atoms with Crippen LogP contribution in [0.5, 0.6) is 0 Å². The second kappa shape index (κ2) is 16.0. The zero-order chi connectivity index (χ0) is 46.3. The highest BCUT2D eigenvalue weighted by Crippen LogP contribution is 2.45. The molecule has 6 nitrogen and oxygen atoms in total. The van der Waals surface area contributed by atoms with Gasteiger partial charge in [0.05, 0.1) is 16.7 Å². The summed E-state index contributed by atoms with van der Waals surface area (Å²) >= 11 is 4.86.